The van der Waals surface area contributed by atoms with E-state index in [0.717, 1.165) is 12.8 Å². The molecule has 1 aliphatic heterocycles. The fourth-order valence-corrected chi connectivity index (χ4v) is 3.34. The van der Waals surface area contributed by atoms with E-state index in [1.54, 1.807) is 0 Å². The Hall–Kier alpha value is -0.820. The van der Waals surface area contributed by atoms with Gasteiger partial charge in [-0.05, 0) is 31.6 Å². The maximum atomic E-state index is 12.4. The molecular weight excluding hydrogens is 287 g/mol. The normalized spacial score (nSPS) is 25.1. The van der Waals surface area contributed by atoms with Crippen LogP contribution in [0.4, 0.5) is 13.2 Å². The zero-order valence-electron chi connectivity index (χ0n) is 11.9. The summed E-state index contributed by atoms with van der Waals surface area (Å²) in [6, 6.07) is 0. The van der Waals surface area contributed by atoms with E-state index in [0.29, 0.717) is 12.8 Å². The predicted molar refractivity (Wildman–Crippen MR) is 69.4 cm³/mol. The molecule has 0 bridgehead atoms. The molecule has 1 unspecified atom stereocenters. The number of likely N-dealkylation sites (tertiary alicyclic amines) is 1. The van der Waals surface area contributed by atoms with E-state index >= 15 is 0 Å². The van der Waals surface area contributed by atoms with E-state index < -0.39 is 23.8 Å². The van der Waals surface area contributed by atoms with Gasteiger partial charge in [0.2, 0.25) is 5.91 Å². The standard InChI is InChI=1S/C14H22F3NO3/c15-14(16,17)12(20)10-3-7-18(8-4-10)11(19)9-13(21)5-1-2-6-13/h10,12,20-21H,1-9H2. The Morgan fingerprint density at radius 1 is 1.24 bits per heavy atom. The molecule has 0 spiro atoms. The first-order valence-electron chi connectivity index (χ1n) is 7.46. The molecule has 1 saturated carbocycles. The molecule has 0 radical (unpaired) electrons. The molecule has 4 nitrogen and oxygen atoms in total. The Kier molecular flexibility index (Phi) is 4.82. The fourth-order valence-electron chi connectivity index (χ4n) is 3.34. The van der Waals surface area contributed by atoms with Gasteiger partial charge >= 0.3 is 6.18 Å². The summed E-state index contributed by atoms with van der Waals surface area (Å²) in [5.41, 5.74) is -0.931. The van der Waals surface area contributed by atoms with Gasteiger partial charge in [0.05, 0.1) is 12.0 Å². The summed E-state index contributed by atoms with van der Waals surface area (Å²) in [5.74, 6) is -1.04. The van der Waals surface area contributed by atoms with Gasteiger partial charge in [0, 0.05) is 13.1 Å². The fraction of sp³-hybridized carbons (Fsp3) is 0.929. The van der Waals surface area contributed by atoms with Gasteiger partial charge in [-0.3, -0.25) is 4.79 Å². The number of piperidine rings is 1. The summed E-state index contributed by atoms with van der Waals surface area (Å²) in [7, 11) is 0. The van der Waals surface area contributed by atoms with E-state index in [2.05, 4.69) is 0 Å². The number of hydrogen-bond acceptors (Lipinski definition) is 3. The van der Waals surface area contributed by atoms with Crippen molar-refractivity contribution in [2.45, 2.75) is 62.8 Å². The molecule has 2 N–H and O–H groups in total. The van der Waals surface area contributed by atoms with E-state index in [4.69, 9.17) is 0 Å². The van der Waals surface area contributed by atoms with Crippen LogP contribution >= 0.6 is 0 Å². The van der Waals surface area contributed by atoms with Gasteiger partial charge in [-0.2, -0.15) is 13.2 Å². The van der Waals surface area contributed by atoms with Crippen LogP contribution in [-0.2, 0) is 4.79 Å². The Balaban J connectivity index is 1.82. The van der Waals surface area contributed by atoms with Gasteiger partial charge in [0.15, 0.2) is 6.10 Å². The van der Waals surface area contributed by atoms with Crippen LogP contribution in [0.5, 0.6) is 0 Å². The van der Waals surface area contributed by atoms with Gasteiger partial charge in [-0.1, -0.05) is 12.8 Å². The molecule has 7 heteroatoms. The first kappa shape index (κ1) is 16.5. The molecule has 0 aromatic heterocycles. The van der Waals surface area contributed by atoms with Gasteiger partial charge in [-0.15, -0.1) is 0 Å². The number of aliphatic hydroxyl groups excluding tert-OH is 1. The van der Waals surface area contributed by atoms with Crippen molar-refractivity contribution < 1.29 is 28.2 Å². The molecule has 2 rings (SSSR count). The molecule has 1 atom stereocenters. The van der Waals surface area contributed by atoms with Crippen LogP contribution in [0.2, 0.25) is 0 Å². The van der Waals surface area contributed by atoms with Crippen LogP contribution in [0.25, 0.3) is 0 Å². The maximum absolute atomic E-state index is 12.4. The lowest BCUT2D eigenvalue weighted by Crippen LogP contribution is -2.46. The zero-order chi connectivity index (χ0) is 15.7. The highest BCUT2D eigenvalue weighted by Crippen LogP contribution is 2.34. The van der Waals surface area contributed by atoms with E-state index in [9.17, 15) is 28.2 Å². The van der Waals surface area contributed by atoms with E-state index in [1.807, 2.05) is 0 Å². The van der Waals surface area contributed by atoms with Crippen LogP contribution in [0, 0.1) is 5.92 Å². The van der Waals surface area contributed by atoms with Crippen LogP contribution in [0.3, 0.4) is 0 Å². The minimum atomic E-state index is -4.60. The highest BCUT2D eigenvalue weighted by Gasteiger charge is 2.44. The van der Waals surface area contributed by atoms with E-state index in [1.165, 1.54) is 4.90 Å². The summed E-state index contributed by atoms with van der Waals surface area (Å²) in [5, 5.41) is 19.4. The number of nitrogens with zero attached hydrogens (tertiary/aromatic N) is 1. The minimum absolute atomic E-state index is 0.0551. The van der Waals surface area contributed by atoms with Gasteiger partial charge < -0.3 is 15.1 Å². The molecule has 1 heterocycles. The van der Waals surface area contributed by atoms with Crippen LogP contribution < -0.4 is 0 Å². The summed E-state index contributed by atoms with van der Waals surface area (Å²) in [6.07, 6.45) is -3.53. The van der Waals surface area contributed by atoms with Crippen molar-refractivity contribution in [3.63, 3.8) is 0 Å². The highest BCUT2D eigenvalue weighted by atomic mass is 19.4. The number of carbonyl (C=O) groups is 1. The number of carbonyl (C=O) groups excluding carboxylic acids is 1. The van der Waals surface area contributed by atoms with Crippen LogP contribution in [-0.4, -0.2) is 52.0 Å². The second-order valence-corrected chi connectivity index (χ2v) is 6.31. The van der Waals surface area contributed by atoms with Gasteiger partial charge in [-0.25, -0.2) is 0 Å². The number of hydrogen-bond donors (Lipinski definition) is 2. The van der Waals surface area contributed by atoms with Crippen molar-refractivity contribution in [2.75, 3.05) is 13.1 Å². The second kappa shape index (κ2) is 6.12. The second-order valence-electron chi connectivity index (χ2n) is 6.31. The molecule has 1 amide bonds. The van der Waals surface area contributed by atoms with Crippen molar-refractivity contribution in [3.8, 4) is 0 Å². The molecule has 21 heavy (non-hydrogen) atoms. The number of rotatable bonds is 3. The lowest BCUT2D eigenvalue weighted by atomic mass is 9.90. The summed E-state index contributed by atoms with van der Waals surface area (Å²) >= 11 is 0. The third-order valence-electron chi connectivity index (χ3n) is 4.69. The Morgan fingerprint density at radius 3 is 2.24 bits per heavy atom. The first-order chi connectivity index (χ1) is 9.71. The summed E-state index contributed by atoms with van der Waals surface area (Å²) in [4.78, 5) is 13.6. The molecular formula is C14H22F3NO3. The third kappa shape index (κ3) is 4.10. The quantitative estimate of drug-likeness (QED) is 0.836. The van der Waals surface area contributed by atoms with E-state index in [-0.39, 0.29) is 38.3 Å². The number of alkyl halides is 3. The largest absolute Gasteiger partial charge is 0.414 e. The number of aliphatic hydroxyl groups is 2. The van der Waals surface area contributed by atoms with Gasteiger partial charge in [0.25, 0.3) is 0 Å². The lowest BCUT2D eigenvalue weighted by molar-refractivity contribution is -0.223. The minimum Gasteiger partial charge on any atom is -0.389 e. The first-order valence-corrected chi connectivity index (χ1v) is 7.46. The lowest BCUT2D eigenvalue weighted by Gasteiger charge is -2.36. The topological polar surface area (TPSA) is 60.8 Å². The van der Waals surface area contributed by atoms with Crippen molar-refractivity contribution in [1.29, 1.82) is 0 Å². The van der Waals surface area contributed by atoms with Crippen LogP contribution in [0.15, 0.2) is 0 Å². The Bertz CT molecular complexity index is 372. The van der Waals surface area contributed by atoms with Crippen molar-refractivity contribution in [1.82, 2.24) is 4.90 Å². The monoisotopic (exact) mass is 309 g/mol. The third-order valence-corrected chi connectivity index (χ3v) is 4.69. The molecule has 2 fully saturated rings. The molecule has 0 aromatic carbocycles. The highest BCUT2D eigenvalue weighted by molar-refractivity contribution is 5.77. The smallest absolute Gasteiger partial charge is 0.389 e. The molecule has 0 aromatic rings. The Labute approximate surface area is 121 Å². The molecule has 1 aliphatic carbocycles. The zero-order valence-corrected chi connectivity index (χ0v) is 11.9. The summed E-state index contributed by atoms with van der Waals surface area (Å²) in [6.45, 7) is 0.430. The van der Waals surface area contributed by atoms with Crippen LogP contribution in [0.1, 0.15) is 44.9 Å². The Morgan fingerprint density at radius 2 is 1.76 bits per heavy atom. The maximum Gasteiger partial charge on any atom is 0.414 e. The van der Waals surface area contributed by atoms with Crippen molar-refractivity contribution in [2.24, 2.45) is 5.92 Å². The molecule has 122 valence electrons. The predicted octanol–water partition coefficient (Wildman–Crippen LogP) is 1.84. The number of amides is 1. The average Bonchev–Trinajstić information content (AvgIpc) is 2.83. The molecule has 2 aliphatic rings. The van der Waals surface area contributed by atoms with Crippen molar-refractivity contribution in [3.05, 3.63) is 0 Å². The van der Waals surface area contributed by atoms with Gasteiger partial charge in [0.1, 0.15) is 0 Å². The summed E-state index contributed by atoms with van der Waals surface area (Å²) < 4.78 is 37.3. The molecule has 1 saturated heterocycles. The SMILES string of the molecule is O=C(CC1(O)CCCC1)N1CCC(C(O)C(F)(F)F)CC1. The number of halogens is 3. The average molecular weight is 309 g/mol. The van der Waals surface area contributed by atoms with Crippen molar-refractivity contribution >= 4 is 5.91 Å².